The standard InChI is InChI=1S/C30H28ClN3O5/c1-2-25(35)17-22-18-32-30(34(29(22)38)19-21-6-9-23(31)10-7-21)33-24-11-13-26(14-12-24)39-27-5-3-4-20(16-27)8-15-28(36)37/h3-7,9-14,16,18H,2,8,15,17,19H2,1H3,(H,32,33)(H,36,37). The smallest absolute Gasteiger partial charge is 0.303 e. The molecule has 0 aliphatic heterocycles. The molecule has 39 heavy (non-hydrogen) atoms. The number of aryl methyl sites for hydroxylation is 1. The number of benzene rings is 3. The Balaban J connectivity index is 1.54. The highest BCUT2D eigenvalue weighted by Gasteiger charge is 2.14. The predicted octanol–water partition coefficient (Wildman–Crippen LogP) is 6.02. The molecule has 0 saturated heterocycles. The van der Waals surface area contributed by atoms with Crippen molar-refractivity contribution in [3.8, 4) is 11.5 Å². The number of carboxylic acids is 1. The molecule has 1 aromatic heterocycles. The molecule has 3 aromatic carbocycles. The molecular formula is C30H28ClN3O5. The van der Waals surface area contributed by atoms with Crippen LogP contribution in [0.15, 0.2) is 83.8 Å². The summed E-state index contributed by atoms with van der Waals surface area (Å²) >= 11 is 6.02. The summed E-state index contributed by atoms with van der Waals surface area (Å²) in [5.41, 5.74) is 2.48. The molecule has 0 amide bonds. The third-order valence-electron chi connectivity index (χ3n) is 6.03. The molecule has 0 saturated carbocycles. The molecular weight excluding hydrogens is 518 g/mol. The summed E-state index contributed by atoms with van der Waals surface area (Å²) in [5, 5.41) is 12.7. The number of hydrogen-bond acceptors (Lipinski definition) is 6. The van der Waals surface area contributed by atoms with E-state index in [9.17, 15) is 14.4 Å². The van der Waals surface area contributed by atoms with Crippen molar-refractivity contribution in [2.45, 2.75) is 39.2 Å². The van der Waals surface area contributed by atoms with Crippen LogP contribution in [0.5, 0.6) is 11.5 Å². The summed E-state index contributed by atoms with van der Waals surface area (Å²) in [6.07, 6.45) is 2.30. The van der Waals surface area contributed by atoms with Gasteiger partial charge >= 0.3 is 5.97 Å². The number of ketones is 1. The highest BCUT2D eigenvalue weighted by Crippen LogP contribution is 2.25. The lowest BCUT2D eigenvalue weighted by atomic mass is 10.1. The Kier molecular flexibility index (Phi) is 9.12. The van der Waals surface area contributed by atoms with Crippen molar-refractivity contribution in [3.63, 3.8) is 0 Å². The minimum Gasteiger partial charge on any atom is -0.481 e. The number of carbonyl (C=O) groups excluding carboxylic acids is 1. The second kappa shape index (κ2) is 12.9. The number of anilines is 2. The largest absolute Gasteiger partial charge is 0.481 e. The van der Waals surface area contributed by atoms with Gasteiger partial charge in [0.1, 0.15) is 17.3 Å². The Labute approximate surface area is 230 Å². The number of nitrogens with one attached hydrogen (secondary N) is 1. The van der Waals surface area contributed by atoms with Gasteiger partial charge in [0.15, 0.2) is 0 Å². The molecule has 0 aliphatic rings. The fourth-order valence-corrected chi connectivity index (χ4v) is 4.02. The molecule has 2 N–H and O–H groups in total. The van der Waals surface area contributed by atoms with E-state index in [1.54, 1.807) is 49.4 Å². The molecule has 4 rings (SSSR count). The molecule has 4 aromatic rings. The third-order valence-corrected chi connectivity index (χ3v) is 6.28. The van der Waals surface area contributed by atoms with Gasteiger partial charge in [-0.1, -0.05) is 42.8 Å². The quantitative estimate of drug-likeness (QED) is 0.224. The summed E-state index contributed by atoms with van der Waals surface area (Å²) in [6.45, 7) is 2.01. The number of nitrogens with zero attached hydrogens (tertiary/aromatic N) is 2. The van der Waals surface area contributed by atoms with Crippen LogP contribution in [0.25, 0.3) is 0 Å². The van der Waals surface area contributed by atoms with Gasteiger partial charge in [-0.15, -0.1) is 0 Å². The van der Waals surface area contributed by atoms with Crippen molar-refractivity contribution in [1.29, 1.82) is 0 Å². The zero-order valence-electron chi connectivity index (χ0n) is 21.4. The van der Waals surface area contributed by atoms with Crippen molar-refractivity contribution in [3.05, 3.63) is 111 Å². The van der Waals surface area contributed by atoms with Gasteiger partial charge in [-0.2, -0.15) is 0 Å². The number of aromatic nitrogens is 2. The van der Waals surface area contributed by atoms with E-state index >= 15 is 0 Å². The molecule has 0 aliphatic carbocycles. The zero-order valence-corrected chi connectivity index (χ0v) is 22.1. The van der Waals surface area contributed by atoms with Crippen LogP contribution in [-0.2, 0) is 29.0 Å². The number of halogens is 1. The maximum atomic E-state index is 13.3. The Morgan fingerprint density at radius 2 is 1.74 bits per heavy atom. The van der Waals surface area contributed by atoms with Crippen LogP contribution < -0.4 is 15.6 Å². The second-order valence-corrected chi connectivity index (χ2v) is 9.42. The average molecular weight is 546 g/mol. The van der Waals surface area contributed by atoms with Crippen LogP contribution in [0.2, 0.25) is 5.02 Å². The maximum Gasteiger partial charge on any atom is 0.303 e. The van der Waals surface area contributed by atoms with Gasteiger partial charge < -0.3 is 15.2 Å². The molecule has 0 fully saturated rings. The summed E-state index contributed by atoms with van der Waals surface area (Å²) in [5.74, 6) is 0.657. The number of Topliss-reactive ketones (excluding diaryl/α,β-unsaturated/α-hetero) is 1. The van der Waals surface area contributed by atoms with Crippen molar-refractivity contribution in [2.75, 3.05) is 5.32 Å². The Morgan fingerprint density at radius 3 is 2.44 bits per heavy atom. The molecule has 200 valence electrons. The lowest BCUT2D eigenvalue weighted by Gasteiger charge is -2.15. The predicted molar refractivity (Wildman–Crippen MR) is 150 cm³/mol. The van der Waals surface area contributed by atoms with E-state index < -0.39 is 5.97 Å². The van der Waals surface area contributed by atoms with Crippen LogP contribution >= 0.6 is 11.6 Å². The van der Waals surface area contributed by atoms with Gasteiger partial charge in [0.05, 0.1) is 6.54 Å². The normalized spacial score (nSPS) is 10.7. The SMILES string of the molecule is CCC(=O)Cc1cnc(Nc2ccc(Oc3cccc(CCC(=O)O)c3)cc2)n(Cc2ccc(Cl)cc2)c1=O. The maximum absolute atomic E-state index is 13.3. The Hall–Kier alpha value is -4.43. The first kappa shape index (κ1) is 27.6. The minimum absolute atomic E-state index is 0.0318. The van der Waals surface area contributed by atoms with Crippen LogP contribution in [-0.4, -0.2) is 26.4 Å². The van der Waals surface area contributed by atoms with Gasteiger partial charge in [-0.25, -0.2) is 4.98 Å². The fourth-order valence-electron chi connectivity index (χ4n) is 3.90. The average Bonchev–Trinajstić information content (AvgIpc) is 2.93. The molecule has 0 bridgehead atoms. The monoisotopic (exact) mass is 545 g/mol. The number of carbonyl (C=O) groups is 2. The number of carboxylic acid groups (broad SMARTS) is 1. The lowest BCUT2D eigenvalue weighted by molar-refractivity contribution is -0.137. The van der Waals surface area contributed by atoms with Gasteiger partial charge in [0.25, 0.3) is 5.56 Å². The first-order valence-corrected chi connectivity index (χ1v) is 12.9. The van der Waals surface area contributed by atoms with E-state index in [0.717, 1.165) is 11.1 Å². The van der Waals surface area contributed by atoms with Gasteiger partial charge in [0.2, 0.25) is 5.95 Å². The minimum atomic E-state index is -0.846. The van der Waals surface area contributed by atoms with Gasteiger partial charge in [-0.3, -0.25) is 19.0 Å². The van der Waals surface area contributed by atoms with Gasteiger partial charge in [0, 0.05) is 41.7 Å². The Morgan fingerprint density at radius 1 is 1.00 bits per heavy atom. The van der Waals surface area contributed by atoms with E-state index in [0.29, 0.717) is 46.6 Å². The van der Waals surface area contributed by atoms with Crippen LogP contribution in [0, 0.1) is 0 Å². The third kappa shape index (κ3) is 7.78. The lowest BCUT2D eigenvalue weighted by Crippen LogP contribution is -2.28. The molecule has 1 heterocycles. The highest BCUT2D eigenvalue weighted by atomic mass is 35.5. The number of rotatable bonds is 12. The van der Waals surface area contributed by atoms with E-state index in [4.69, 9.17) is 21.4 Å². The summed E-state index contributed by atoms with van der Waals surface area (Å²) in [7, 11) is 0. The Bertz CT molecular complexity index is 1520. The zero-order chi connectivity index (χ0) is 27.8. The number of ether oxygens (including phenoxy) is 1. The molecule has 0 spiro atoms. The second-order valence-electron chi connectivity index (χ2n) is 8.99. The topological polar surface area (TPSA) is 111 Å². The van der Waals surface area contributed by atoms with Crippen LogP contribution in [0.1, 0.15) is 36.5 Å². The van der Waals surface area contributed by atoms with Crippen molar-refractivity contribution in [2.24, 2.45) is 0 Å². The molecule has 0 unspecified atom stereocenters. The fraction of sp³-hybridized carbons (Fsp3) is 0.200. The summed E-state index contributed by atoms with van der Waals surface area (Å²) in [6, 6.07) is 21.7. The summed E-state index contributed by atoms with van der Waals surface area (Å²) < 4.78 is 7.45. The van der Waals surface area contributed by atoms with E-state index in [2.05, 4.69) is 10.3 Å². The first-order valence-electron chi connectivity index (χ1n) is 12.5. The molecule has 0 radical (unpaired) electrons. The van der Waals surface area contributed by atoms with E-state index in [1.165, 1.54) is 10.8 Å². The van der Waals surface area contributed by atoms with Crippen molar-refractivity contribution >= 4 is 35.0 Å². The molecule has 0 atom stereocenters. The first-order chi connectivity index (χ1) is 18.8. The van der Waals surface area contributed by atoms with Crippen LogP contribution in [0.4, 0.5) is 11.6 Å². The highest BCUT2D eigenvalue weighted by molar-refractivity contribution is 6.30. The number of hydrogen-bond donors (Lipinski definition) is 2. The van der Waals surface area contributed by atoms with Crippen molar-refractivity contribution < 1.29 is 19.4 Å². The number of aliphatic carboxylic acids is 1. The van der Waals surface area contributed by atoms with Gasteiger partial charge in [-0.05, 0) is 66.1 Å². The van der Waals surface area contributed by atoms with E-state index in [1.807, 2.05) is 30.3 Å². The molecule has 9 heteroatoms. The summed E-state index contributed by atoms with van der Waals surface area (Å²) in [4.78, 5) is 40.7. The van der Waals surface area contributed by atoms with Crippen LogP contribution in [0.3, 0.4) is 0 Å². The molecule has 8 nitrogen and oxygen atoms in total. The van der Waals surface area contributed by atoms with E-state index in [-0.39, 0.29) is 30.7 Å². The van der Waals surface area contributed by atoms with Crippen molar-refractivity contribution in [1.82, 2.24) is 9.55 Å².